The maximum atomic E-state index is 11.0. The van der Waals surface area contributed by atoms with E-state index in [4.69, 9.17) is 14.9 Å². The molecule has 0 bridgehead atoms. The number of aryl methyl sites for hydroxylation is 1. The number of carboxylic acids is 1. The number of para-hydroxylation sites is 1. The lowest BCUT2D eigenvalue weighted by Crippen LogP contribution is -2.03. The number of rotatable bonds is 7. The van der Waals surface area contributed by atoms with Crippen molar-refractivity contribution in [2.24, 2.45) is 0 Å². The number of methoxy groups -OCH3 is 1. The number of carboxylic acid groups (broad SMARTS) is 1. The zero-order chi connectivity index (χ0) is 18.5. The molecule has 1 N–H and O–H groups in total. The van der Waals surface area contributed by atoms with Gasteiger partial charge in [-0.2, -0.15) is 5.10 Å². The fourth-order valence-electron chi connectivity index (χ4n) is 2.89. The van der Waals surface area contributed by atoms with Gasteiger partial charge >= 0.3 is 5.97 Å². The molecule has 0 saturated carbocycles. The van der Waals surface area contributed by atoms with Crippen molar-refractivity contribution in [3.63, 3.8) is 0 Å². The highest BCUT2D eigenvalue weighted by atomic mass is 16.5. The second kappa shape index (κ2) is 7.87. The molecule has 3 aromatic rings. The maximum Gasteiger partial charge on any atom is 0.335 e. The Morgan fingerprint density at radius 1 is 1.15 bits per heavy atom. The van der Waals surface area contributed by atoms with Crippen LogP contribution in [0.25, 0.3) is 22.5 Å². The van der Waals surface area contributed by atoms with E-state index in [9.17, 15) is 4.79 Å². The van der Waals surface area contributed by atoms with Gasteiger partial charge in [-0.1, -0.05) is 37.6 Å². The average Bonchev–Trinajstić information content (AvgIpc) is 3.10. The van der Waals surface area contributed by atoms with E-state index in [-0.39, 0.29) is 5.56 Å². The maximum absolute atomic E-state index is 11.0. The number of hydrogen-bond donors (Lipinski definition) is 1. The predicted molar refractivity (Wildman–Crippen MR) is 102 cm³/mol. The highest BCUT2D eigenvalue weighted by molar-refractivity contribution is 5.88. The molecule has 5 nitrogen and oxygen atoms in total. The first kappa shape index (κ1) is 17.7. The Bertz CT molecular complexity index is 898. The summed E-state index contributed by atoms with van der Waals surface area (Å²) in [5, 5.41) is 13.8. The number of hydrogen-bond acceptors (Lipinski definition) is 3. The molecule has 0 aliphatic heterocycles. The Labute approximate surface area is 152 Å². The summed E-state index contributed by atoms with van der Waals surface area (Å²) in [5.41, 5.74) is 3.96. The van der Waals surface area contributed by atoms with Gasteiger partial charge in [0.2, 0.25) is 0 Å². The Morgan fingerprint density at radius 3 is 2.54 bits per heavy atom. The molecule has 26 heavy (non-hydrogen) atoms. The zero-order valence-corrected chi connectivity index (χ0v) is 15.0. The summed E-state index contributed by atoms with van der Waals surface area (Å²) in [6.07, 6.45) is 2.11. The largest absolute Gasteiger partial charge is 0.496 e. The molecule has 0 amide bonds. The van der Waals surface area contributed by atoms with E-state index in [0.717, 1.165) is 47.7 Å². The second-order valence-corrected chi connectivity index (χ2v) is 6.07. The summed E-state index contributed by atoms with van der Waals surface area (Å²) in [6.45, 7) is 2.97. The molecule has 0 radical (unpaired) electrons. The van der Waals surface area contributed by atoms with Crippen LogP contribution < -0.4 is 4.74 Å². The lowest BCUT2D eigenvalue weighted by Gasteiger charge is -2.10. The minimum absolute atomic E-state index is 0.268. The van der Waals surface area contributed by atoms with Crippen LogP contribution in [0.15, 0.2) is 54.6 Å². The van der Waals surface area contributed by atoms with E-state index in [1.165, 1.54) is 0 Å². The van der Waals surface area contributed by atoms with Gasteiger partial charge in [-0.15, -0.1) is 0 Å². The minimum atomic E-state index is -0.931. The molecule has 5 heteroatoms. The van der Waals surface area contributed by atoms with Crippen LogP contribution in [0.4, 0.5) is 0 Å². The Hall–Kier alpha value is -3.08. The van der Waals surface area contributed by atoms with Crippen molar-refractivity contribution in [3.8, 4) is 28.3 Å². The Balaban J connectivity index is 2.05. The molecule has 1 aromatic heterocycles. The summed E-state index contributed by atoms with van der Waals surface area (Å²) < 4.78 is 7.51. The zero-order valence-electron chi connectivity index (χ0n) is 15.0. The predicted octanol–water partition coefficient (Wildman–Crippen LogP) is 4.72. The number of ether oxygens (including phenoxy) is 1. The van der Waals surface area contributed by atoms with Gasteiger partial charge in [-0.3, -0.25) is 4.68 Å². The average molecular weight is 350 g/mol. The van der Waals surface area contributed by atoms with Gasteiger partial charge in [0.15, 0.2) is 0 Å². The topological polar surface area (TPSA) is 64.4 Å². The van der Waals surface area contributed by atoms with Gasteiger partial charge in [0.1, 0.15) is 5.75 Å². The summed E-state index contributed by atoms with van der Waals surface area (Å²) in [6, 6.07) is 16.7. The summed E-state index contributed by atoms with van der Waals surface area (Å²) >= 11 is 0. The molecule has 0 atom stereocenters. The number of aromatic carboxylic acids is 1. The third-order valence-electron chi connectivity index (χ3n) is 4.31. The van der Waals surface area contributed by atoms with Crippen LogP contribution in [-0.4, -0.2) is 28.0 Å². The van der Waals surface area contributed by atoms with Crippen molar-refractivity contribution >= 4 is 5.97 Å². The standard InChI is InChI=1S/C21H22N2O3/c1-3-4-13-23-19(17-7-5-6-8-20(17)26-2)14-18(22-23)15-9-11-16(12-10-15)21(24)25/h5-12,14H,3-4,13H2,1-2H3,(H,24,25). The summed E-state index contributed by atoms with van der Waals surface area (Å²) in [4.78, 5) is 11.0. The lowest BCUT2D eigenvalue weighted by molar-refractivity contribution is 0.0697. The molecule has 2 aromatic carbocycles. The van der Waals surface area contributed by atoms with E-state index in [1.54, 1.807) is 31.4 Å². The van der Waals surface area contributed by atoms with Crippen LogP contribution in [0, 0.1) is 0 Å². The quantitative estimate of drug-likeness (QED) is 0.669. The normalized spacial score (nSPS) is 10.7. The van der Waals surface area contributed by atoms with Gasteiger partial charge in [-0.25, -0.2) is 4.79 Å². The molecule has 1 heterocycles. The Morgan fingerprint density at radius 2 is 1.88 bits per heavy atom. The van der Waals surface area contributed by atoms with Crippen molar-refractivity contribution in [2.45, 2.75) is 26.3 Å². The lowest BCUT2D eigenvalue weighted by atomic mass is 10.1. The molecular weight excluding hydrogens is 328 g/mol. The Kier molecular flexibility index (Phi) is 5.37. The number of carbonyl (C=O) groups is 1. The molecular formula is C21H22N2O3. The van der Waals surface area contributed by atoms with Crippen molar-refractivity contribution in [1.82, 2.24) is 9.78 Å². The first-order chi connectivity index (χ1) is 12.6. The fourth-order valence-corrected chi connectivity index (χ4v) is 2.89. The smallest absolute Gasteiger partial charge is 0.335 e. The fraction of sp³-hybridized carbons (Fsp3) is 0.238. The molecule has 3 rings (SSSR count). The number of benzene rings is 2. The summed E-state index contributed by atoms with van der Waals surface area (Å²) in [7, 11) is 1.66. The van der Waals surface area contributed by atoms with E-state index < -0.39 is 5.97 Å². The van der Waals surface area contributed by atoms with Crippen LogP contribution in [0.5, 0.6) is 5.75 Å². The number of aromatic nitrogens is 2. The van der Waals surface area contributed by atoms with Crippen molar-refractivity contribution in [3.05, 3.63) is 60.2 Å². The highest BCUT2D eigenvalue weighted by Gasteiger charge is 2.15. The SMILES string of the molecule is CCCCn1nc(-c2ccc(C(=O)O)cc2)cc1-c1ccccc1OC. The van der Waals surface area contributed by atoms with Crippen molar-refractivity contribution < 1.29 is 14.6 Å². The van der Waals surface area contributed by atoms with E-state index in [0.29, 0.717) is 0 Å². The van der Waals surface area contributed by atoms with Crippen molar-refractivity contribution in [1.29, 1.82) is 0 Å². The monoisotopic (exact) mass is 350 g/mol. The molecule has 0 aliphatic carbocycles. The van der Waals surface area contributed by atoms with Crippen LogP contribution in [-0.2, 0) is 6.54 Å². The van der Waals surface area contributed by atoms with Gasteiger partial charge in [0.25, 0.3) is 0 Å². The number of unbranched alkanes of at least 4 members (excludes halogenated alkanes) is 1. The second-order valence-electron chi connectivity index (χ2n) is 6.07. The van der Waals surface area contributed by atoms with Gasteiger partial charge in [0.05, 0.1) is 24.1 Å². The molecule has 0 spiro atoms. The van der Waals surface area contributed by atoms with E-state index >= 15 is 0 Å². The molecule has 0 saturated heterocycles. The third-order valence-corrected chi connectivity index (χ3v) is 4.31. The van der Waals surface area contributed by atoms with Crippen LogP contribution in [0.3, 0.4) is 0 Å². The first-order valence-electron chi connectivity index (χ1n) is 8.69. The van der Waals surface area contributed by atoms with Crippen LogP contribution >= 0.6 is 0 Å². The minimum Gasteiger partial charge on any atom is -0.496 e. The molecule has 0 aliphatic rings. The van der Waals surface area contributed by atoms with Crippen LogP contribution in [0.2, 0.25) is 0 Å². The number of nitrogens with zero attached hydrogens (tertiary/aromatic N) is 2. The molecule has 134 valence electrons. The van der Waals surface area contributed by atoms with Gasteiger partial charge < -0.3 is 9.84 Å². The molecule has 0 fully saturated rings. The molecule has 0 unspecified atom stereocenters. The third kappa shape index (κ3) is 3.61. The van der Waals surface area contributed by atoms with Gasteiger partial charge in [0, 0.05) is 17.7 Å². The van der Waals surface area contributed by atoms with Crippen LogP contribution in [0.1, 0.15) is 30.1 Å². The first-order valence-corrected chi connectivity index (χ1v) is 8.69. The summed E-state index contributed by atoms with van der Waals surface area (Å²) in [5.74, 6) is -0.127. The van der Waals surface area contributed by atoms with Crippen molar-refractivity contribution in [2.75, 3.05) is 7.11 Å². The van der Waals surface area contributed by atoms with E-state index in [2.05, 4.69) is 6.92 Å². The highest BCUT2D eigenvalue weighted by Crippen LogP contribution is 2.33. The van der Waals surface area contributed by atoms with Gasteiger partial charge in [-0.05, 0) is 36.8 Å². The van der Waals surface area contributed by atoms with E-state index in [1.807, 2.05) is 35.0 Å².